The molecule has 1 fully saturated rings. The van der Waals surface area contributed by atoms with Crippen LogP contribution in [0.5, 0.6) is 5.75 Å². The van der Waals surface area contributed by atoms with Gasteiger partial charge in [0.05, 0.1) is 23.0 Å². The predicted octanol–water partition coefficient (Wildman–Crippen LogP) is 6.63. The van der Waals surface area contributed by atoms with Gasteiger partial charge >= 0.3 is 6.09 Å². The topological polar surface area (TPSA) is 91.1 Å². The lowest BCUT2D eigenvalue weighted by Gasteiger charge is -2.24. The van der Waals surface area contributed by atoms with Crippen LogP contribution >= 0.6 is 11.3 Å². The number of methoxy groups -OCH3 is 1. The van der Waals surface area contributed by atoms with Gasteiger partial charge in [-0.1, -0.05) is 54.6 Å². The summed E-state index contributed by atoms with van der Waals surface area (Å²) < 4.78 is 24.0. The normalized spacial score (nSPS) is 15.5. The van der Waals surface area contributed by atoms with Crippen LogP contribution in [0, 0.1) is 6.92 Å². The van der Waals surface area contributed by atoms with Gasteiger partial charge in [0, 0.05) is 25.5 Å². The number of oxazole rings is 1. The second kappa shape index (κ2) is 12.8. The number of imide groups is 1. The van der Waals surface area contributed by atoms with Crippen molar-refractivity contribution in [1.29, 1.82) is 0 Å². The van der Waals surface area contributed by atoms with Crippen LogP contribution in [0.4, 0.5) is 4.79 Å². The standard InChI is InChI=1S/C34H32N2O6S/c1-22-28(35-32(42-22)24-11-7-4-8-12-24)15-17-40-29-14-13-25(27-16-18-43-31(27)29)20-30(39-2)33(37)36-26(21-41-34(36)38)19-23-9-5-3-6-10-23/h3-14,16,18,26,30H,15,17,19-21H2,1-2H3/t26?,30-/m0/s1. The third kappa shape index (κ3) is 6.18. The number of rotatable bonds is 11. The first-order valence-electron chi connectivity index (χ1n) is 14.2. The molecule has 5 aromatic rings. The molecule has 0 radical (unpaired) electrons. The summed E-state index contributed by atoms with van der Waals surface area (Å²) in [6.07, 6.45) is -0.0294. The van der Waals surface area contributed by atoms with Gasteiger partial charge in [0.1, 0.15) is 24.2 Å². The fourth-order valence-electron chi connectivity index (χ4n) is 5.40. The number of aromatic nitrogens is 1. The zero-order valence-corrected chi connectivity index (χ0v) is 24.8. The van der Waals surface area contributed by atoms with Gasteiger partial charge in [-0.2, -0.15) is 0 Å². The van der Waals surface area contributed by atoms with Crippen LogP contribution < -0.4 is 4.74 Å². The number of fused-ring (bicyclic) bond motifs is 1. The molecular formula is C34H32N2O6S. The monoisotopic (exact) mass is 596 g/mol. The van der Waals surface area contributed by atoms with Crippen molar-refractivity contribution in [2.75, 3.05) is 20.3 Å². The zero-order chi connectivity index (χ0) is 29.8. The van der Waals surface area contributed by atoms with Crippen LogP contribution in [0.25, 0.3) is 21.5 Å². The molecule has 43 heavy (non-hydrogen) atoms. The molecule has 9 heteroatoms. The van der Waals surface area contributed by atoms with Crippen LogP contribution in [-0.4, -0.2) is 54.4 Å². The first-order chi connectivity index (χ1) is 21.0. The number of nitrogens with zero attached hydrogens (tertiary/aromatic N) is 2. The summed E-state index contributed by atoms with van der Waals surface area (Å²) in [6, 6.07) is 25.1. The minimum Gasteiger partial charge on any atom is -0.492 e. The third-order valence-corrected chi connectivity index (χ3v) is 8.59. The summed E-state index contributed by atoms with van der Waals surface area (Å²) in [6.45, 7) is 2.52. The molecule has 1 aliphatic heterocycles. The number of thiophene rings is 1. The Morgan fingerprint density at radius 1 is 1.07 bits per heavy atom. The molecule has 2 aromatic heterocycles. The van der Waals surface area contributed by atoms with Crippen molar-refractivity contribution in [1.82, 2.24) is 9.88 Å². The molecule has 0 aliphatic carbocycles. The van der Waals surface area contributed by atoms with Gasteiger partial charge in [-0.3, -0.25) is 4.79 Å². The average molecular weight is 597 g/mol. The molecule has 3 heterocycles. The van der Waals surface area contributed by atoms with E-state index in [0.717, 1.165) is 44.0 Å². The van der Waals surface area contributed by atoms with Gasteiger partial charge in [-0.15, -0.1) is 11.3 Å². The Morgan fingerprint density at radius 2 is 1.84 bits per heavy atom. The Hall–Kier alpha value is -4.47. The molecule has 8 nitrogen and oxygen atoms in total. The molecule has 3 aromatic carbocycles. The van der Waals surface area contributed by atoms with Crippen molar-refractivity contribution in [2.45, 2.75) is 38.3 Å². The lowest BCUT2D eigenvalue weighted by atomic mass is 10.0. The Balaban J connectivity index is 1.13. The number of carbonyl (C=O) groups excluding carboxylic acids is 2. The first kappa shape index (κ1) is 28.6. The lowest BCUT2D eigenvalue weighted by Crippen LogP contribution is -2.47. The molecule has 0 saturated carbocycles. The van der Waals surface area contributed by atoms with Gasteiger partial charge in [0.2, 0.25) is 5.89 Å². The Morgan fingerprint density at radius 3 is 2.60 bits per heavy atom. The molecule has 1 saturated heterocycles. The Bertz CT molecular complexity index is 1720. The maximum absolute atomic E-state index is 13.6. The molecule has 0 bridgehead atoms. The van der Waals surface area contributed by atoms with E-state index in [1.165, 1.54) is 12.0 Å². The second-order valence-electron chi connectivity index (χ2n) is 10.4. The van der Waals surface area contributed by atoms with Gasteiger partial charge in [0.25, 0.3) is 5.91 Å². The molecule has 1 unspecified atom stereocenters. The second-order valence-corrected chi connectivity index (χ2v) is 11.3. The molecule has 0 spiro atoms. The lowest BCUT2D eigenvalue weighted by molar-refractivity contribution is -0.139. The molecule has 0 N–H and O–H groups in total. The number of aryl methyl sites for hydroxylation is 1. The fourth-order valence-corrected chi connectivity index (χ4v) is 6.31. The number of amides is 2. The summed E-state index contributed by atoms with van der Waals surface area (Å²) in [5.74, 6) is 1.76. The average Bonchev–Trinajstić information content (AvgIpc) is 3.76. The fraction of sp³-hybridized carbons (Fsp3) is 0.265. The number of carbonyl (C=O) groups is 2. The third-order valence-electron chi connectivity index (χ3n) is 7.66. The van der Waals surface area contributed by atoms with Crippen molar-refractivity contribution >= 4 is 33.4 Å². The predicted molar refractivity (Wildman–Crippen MR) is 164 cm³/mol. The summed E-state index contributed by atoms with van der Waals surface area (Å²) >= 11 is 1.58. The highest BCUT2D eigenvalue weighted by Crippen LogP contribution is 2.35. The van der Waals surface area contributed by atoms with E-state index in [1.54, 1.807) is 11.3 Å². The van der Waals surface area contributed by atoms with Crippen LogP contribution in [0.2, 0.25) is 0 Å². The minimum atomic E-state index is -0.840. The number of ether oxygens (including phenoxy) is 3. The molecule has 220 valence electrons. The number of cyclic esters (lactones) is 1. The van der Waals surface area contributed by atoms with Crippen molar-refractivity contribution in [3.63, 3.8) is 0 Å². The maximum atomic E-state index is 13.6. The number of hydrogen-bond acceptors (Lipinski definition) is 8. The van der Waals surface area contributed by atoms with E-state index in [4.69, 9.17) is 18.6 Å². The van der Waals surface area contributed by atoms with E-state index in [0.29, 0.717) is 31.8 Å². The van der Waals surface area contributed by atoms with Crippen LogP contribution in [0.3, 0.4) is 0 Å². The van der Waals surface area contributed by atoms with E-state index in [9.17, 15) is 9.59 Å². The number of hydrogen-bond donors (Lipinski definition) is 0. The minimum absolute atomic E-state index is 0.165. The highest BCUT2D eigenvalue weighted by Gasteiger charge is 2.41. The summed E-state index contributed by atoms with van der Waals surface area (Å²) in [7, 11) is 1.49. The quantitative estimate of drug-likeness (QED) is 0.169. The molecule has 1 aliphatic rings. The van der Waals surface area contributed by atoms with Gasteiger partial charge in [-0.05, 0) is 59.5 Å². The SMILES string of the molecule is CO[C@@H](Cc1ccc(OCCc2nc(-c3ccccc3)oc2C)c2sccc12)C(=O)N1C(=O)OCC1Cc1ccccc1. The van der Waals surface area contributed by atoms with Crippen molar-refractivity contribution in [2.24, 2.45) is 0 Å². The molecule has 6 rings (SSSR count). The van der Waals surface area contributed by atoms with Crippen LogP contribution in [0.1, 0.15) is 22.6 Å². The highest BCUT2D eigenvalue weighted by atomic mass is 32.1. The summed E-state index contributed by atoms with van der Waals surface area (Å²) in [5.41, 5.74) is 3.78. The molecular weight excluding hydrogens is 564 g/mol. The maximum Gasteiger partial charge on any atom is 0.417 e. The van der Waals surface area contributed by atoms with Gasteiger partial charge in [-0.25, -0.2) is 14.7 Å². The Labute approximate surface area is 253 Å². The molecule has 2 amide bonds. The van der Waals surface area contributed by atoms with Gasteiger partial charge < -0.3 is 18.6 Å². The van der Waals surface area contributed by atoms with E-state index in [2.05, 4.69) is 4.98 Å². The Kier molecular flexibility index (Phi) is 8.53. The van der Waals surface area contributed by atoms with E-state index in [-0.39, 0.29) is 12.6 Å². The smallest absolute Gasteiger partial charge is 0.417 e. The van der Waals surface area contributed by atoms with E-state index in [1.807, 2.05) is 91.2 Å². The largest absolute Gasteiger partial charge is 0.492 e. The van der Waals surface area contributed by atoms with E-state index < -0.39 is 18.1 Å². The van der Waals surface area contributed by atoms with Crippen LogP contribution in [-0.2, 0) is 33.5 Å². The van der Waals surface area contributed by atoms with Gasteiger partial charge in [0.15, 0.2) is 0 Å². The van der Waals surface area contributed by atoms with E-state index >= 15 is 0 Å². The van der Waals surface area contributed by atoms with Crippen molar-refractivity contribution in [3.8, 4) is 17.2 Å². The summed E-state index contributed by atoms with van der Waals surface area (Å²) in [5, 5.41) is 3.00. The number of benzene rings is 3. The first-order valence-corrected chi connectivity index (χ1v) is 15.1. The molecule has 2 atom stereocenters. The van der Waals surface area contributed by atoms with Crippen LogP contribution in [0.15, 0.2) is 88.7 Å². The van der Waals surface area contributed by atoms with Crippen molar-refractivity contribution in [3.05, 3.63) is 107 Å². The highest BCUT2D eigenvalue weighted by molar-refractivity contribution is 7.17. The zero-order valence-electron chi connectivity index (χ0n) is 24.0. The summed E-state index contributed by atoms with van der Waals surface area (Å²) in [4.78, 5) is 32.1. The van der Waals surface area contributed by atoms with Crippen molar-refractivity contribution < 1.29 is 28.2 Å².